The van der Waals surface area contributed by atoms with Crippen LogP contribution >= 0.6 is 34.2 Å². The molecule has 114 valence electrons. The van der Waals surface area contributed by atoms with Gasteiger partial charge in [-0.15, -0.1) is 0 Å². The van der Waals surface area contributed by atoms with Crippen LogP contribution in [-0.4, -0.2) is 24.9 Å². The number of hydrogen-bond acceptors (Lipinski definition) is 2. The summed E-state index contributed by atoms with van der Waals surface area (Å²) in [6.45, 7) is 0.722. The molecule has 2 aromatic rings. The van der Waals surface area contributed by atoms with Crippen LogP contribution in [0.25, 0.3) is 0 Å². The average Bonchev–Trinajstić information content (AvgIpc) is 2.52. The highest BCUT2D eigenvalue weighted by atomic mass is 127. The summed E-state index contributed by atoms with van der Waals surface area (Å²) in [5.74, 6) is -0.342. The maximum Gasteiger partial charge on any atom is 0.252 e. The molecule has 2 N–H and O–H groups in total. The molecule has 2 amide bonds. The predicted molar refractivity (Wildman–Crippen MR) is 95.3 cm³/mol. The zero-order valence-corrected chi connectivity index (χ0v) is 14.5. The van der Waals surface area contributed by atoms with Crippen molar-refractivity contribution in [3.63, 3.8) is 0 Å². The molecule has 0 aromatic heterocycles. The van der Waals surface area contributed by atoms with Crippen LogP contribution in [0.15, 0.2) is 48.5 Å². The third kappa shape index (κ3) is 4.71. The van der Waals surface area contributed by atoms with Crippen LogP contribution < -0.4 is 10.6 Å². The summed E-state index contributed by atoms with van der Waals surface area (Å²) in [6, 6.07) is 14.0. The summed E-state index contributed by atoms with van der Waals surface area (Å²) < 4.78 is 0.891. The van der Waals surface area contributed by atoms with Gasteiger partial charge in [0.15, 0.2) is 0 Å². The third-order valence-electron chi connectivity index (χ3n) is 2.92. The Labute approximate surface area is 147 Å². The van der Waals surface area contributed by atoms with Gasteiger partial charge in [0.05, 0.1) is 5.56 Å². The Kier molecular flexibility index (Phi) is 6.21. The lowest BCUT2D eigenvalue weighted by molar-refractivity contribution is 0.0927. The number of carbonyl (C=O) groups excluding carboxylic acids is 2. The molecule has 0 aliphatic heterocycles. The van der Waals surface area contributed by atoms with E-state index in [0.29, 0.717) is 29.2 Å². The van der Waals surface area contributed by atoms with Crippen LogP contribution in [-0.2, 0) is 0 Å². The zero-order valence-electron chi connectivity index (χ0n) is 11.6. The highest BCUT2D eigenvalue weighted by Gasteiger charge is 2.09. The highest BCUT2D eigenvalue weighted by molar-refractivity contribution is 14.1. The van der Waals surface area contributed by atoms with Crippen molar-refractivity contribution in [3.05, 3.63) is 68.3 Å². The minimum Gasteiger partial charge on any atom is -0.350 e. The molecule has 0 heterocycles. The first-order chi connectivity index (χ1) is 10.6. The Morgan fingerprint density at radius 2 is 1.50 bits per heavy atom. The Bertz CT molecular complexity index is 674. The fourth-order valence-electron chi connectivity index (χ4n) is 1.80. The fourth-order valence-corrected chi connectivity index (χ4v) is 2.55. The van der Waals surface area contributed by atoms with Gasteiger partial charge >= 0.3 is 0 Å². The summed E-state index contributed by atoms with van der Waals surface area (Å²) in [6.07, 6.45) is 0. The largest absolute Gasteiger partial charge is 0.350 e. The van der Waals surface area contributed by atoms with Gasteiger partial charge in [-0.2, -0.15) is 0 Å². The van der Waals surface area contributed by atoms with Crippen molar-refractivity contribution < 1.29 is 9.59 Å². The third-order valence-corrected chi connectivity index (χ3v) is 4.11. The van der Waals surface area contributed by atoms with E-state index in [0.717, 1.165) is 3.57 Å². The van der Waals surface area contributed by atoms with Gasteiger partial charge in [-0.05, 0) is 59.0 Å². The lowest BCUT2D eigenvalue weighted by Gasteiger charge is -2.08. The van der Waals surface area contributed by atoms with Crippen LogP contribution in [0.4, 0.5) is 0 Å². The van der Waals surface area contributed by atoms with E-state index in [1.807, 2.05) is 18.2 Å². The number of hydrogen-bond donors (Lipinski definition) is 2. The van der Waals surface area contributed by atoms with Gasteiger partial charge in [-0.3, -0.25) is 9.59 Å². The van der Waals surface area contributed by atoms with Crippen molar-refractivity contribution in [3.8, 4) is 0 Å². The van der Waals surface area contributed by atoms with Crippen molar-refractivity contribution in [1.82, 2.24) is 10.6 Å². The summed E-state index contributed by atoms with van der Waals surface area (Å²) in [5, 5.41) is 6.10. The van der Waals surface area contributed by atoms with Crippen molar-refractivity contribution in [2.24, 2.45) is 0 Å². The van der Waals surface area contributed by atoms with E-state index >= 15 is 0 Å². The molecular formula is C16H14ClIN2O2. The van der Waals surface area contributed by atoms with E-state index in [-0.39, 0.29) is 11.8 Å². The number of amides is 2. The zero-order chi connectivity index (χ0) is 15.9. The minimum absolute atomic E-state index is 0.147. The van der Waals surface area contributed by atoms with Gasteiger partial charge in [0, 0.05) is 27.2 Å². The molecule has 0 aliphatic carbocycles. The lowest BCUT2D eigenvalue weighted by Crippen LogP contribution is -2.34. The second kappa shape index (κ2) is 8.14. The van der Waals surface area contributed by atoms with Crippen molar-refractivity contribution in [2.75, 3.05) is 13.1 Å². The number of carbonyl (C=O) groups is 2. The van der Waals surface area contributed by atoms with E-state index in [2.05, 4.69) is 33.2 Å². The summed E-state index contributed by atoms with van der Waals surface area (Å²) in [4.78, 5) is 23.8. The van der Waals surface area contributed by atoms with Crippen molar-refractivity contribution in [1.29, 1.82) is 0 Å². The molecule has 2 aromatic carbocycles. The quantitative estimate of drug-likeness (QED) is 0.568. The summed E-state index contributed by atoms with van der Waals surface area (Å²) in [5.41, 5.74) is 1.17. The second-order valence-electron chi connectivity index (χ2n) is 4.50. The van der Waals surface area contributed by atoms with Gasteiger partial charge < -0.3 is 10.6 Å². The van der Waals surface area contributed by atoms with E-state index in [4.69, 9.17) is 11.6 Å². The molecule has 6 heteroatoms. The first-order valence-corrected chi connectivity index (χ1v) is 8.10. The van der Waals surface area contributed by atoms with Crippen LogP contribution in [0.5, 0.6) is 0 Å². The first-order valence-electron chi connectivity index (χ1n) is 6.64. The van der Waals surface area contributed by atoms with Crippen molar-refractivity contribution in [2.45, 2.75) is 0 Å². The fraction of sp³-hybridized carbons (Fsp3) is 0.125. The van der Waals surface area contributed by atoms with Crippen molar-refractivity contribution >= 4 is 46.0 Å². The minimum atomic E-state index is -0.194. The Morgan fingerprint density at radius 1 is 0.909 bits per heavy atom. The smallest absolute Gasteiger partial charge is 0.252 e. The molecule has 0 aliphatic rings. The van der Waals surface area contributed by atoms with Gasteiger partial charge in [-0.1, -0.05) is 23.7 Å². The maximum absolute atomic E-state index is 12.0. The van der Waals surface area contributed by atoms with Gasteiger partial charge in [0.25, 0.3) is 11.8 Å². The number of rotatable bonds is 5. The van der Waals surface area contributed by atoms with E-state index in [1.165, 1.54) is 0 Å². The Morgan fingerprint density at radius 3 is 2.14 bits per heavy atom. The lowest BCUT2D eigenvalue weighted by atomic mass is 10.2. The monoisotopic (exact) mass is 428 g/mol. The van der Waals surface area contributed by atoms with E-state index in [1.54, 1.807) is 30.3 Å². The maximum atomic E-state index is 12.0. The highest BCUT2D eigenvalue weighted by Crippen LogP contribution is 2.11. The summed E-state index contributed by atoms with van der Waals surface area (Å²) in [7, 11) is 0. The molecule has 0 saturated carbocycles. The molecule has 22 heavy (non-hydrogen) atoms. The predicted octanol–water partition coefficient (Wildman–Crippen LogP) is 3.10. The van der Waals surface area contributed by atoms with Crippen LogP contribution in [0.2, 0.25) is 5.02 Å². The molecule has 4 nitrogen and oxygen atoms in total. The van der Waals surface area contributed by atoms with Crippen LogP contribution in [0, 0.1) is 3.57 Å². The molecule has 0 radical (unpaired) electrons. The Hall–Kier alpha value is -1.60. The SMILES string of the molecule is O=C(NCCNC(=O)c1ccccc1I)c1ccc(Cl)cc1. The molecule has 2 rings (SSSR count). The second-order valence-corrected chi connectivity index (χ2v) is 6.10. The molecule has 0 unspecified atom stereocenters. The van der Waals surface area contributed by atoms with Gasteiger partial charge in [-0.25, -0.2) is 0 Å². The number of benzene rings is 2. The molecule has 0 saturated heterocycles. The molecule has 0 spiro atoms. The molecule has 0 bridgehead atoms. The molecule has 0 fully saturated rings. The number of halogens is 2. The van der Waals surface area contributed by atoms with Gasteiger partial charge in [0.2, 0.25) is 0 Å². The topological polar surface area (TPSA) is 58.2 Å². The van der Waals surface area contributed by atoms with Crippen LogP contribution in [0.1, 0.15) is 20.7 Å². The van der Waals surface area contributed by atoms with Crippen LogP contribution in [0.3, 0.4) is 0 Å². The first kappa shape index (κ1) is 16.8. The number of nitrogens with one attached hydrogen (secondary N) is 2. The Balaban J connectivity index is 1.77. The average molecular weight is 429 g/mol. The summed E-state index contributed by atoms with van der Waals surface area (Å²) >= 11 is 7.89. The standard InChI is InChI=1S/C16H14ClIN2O2/c17-12-7-5-11(6-8-12)15(21)19-9-10-20-16(22)13-3-1-2-4-14(13)18/h1-8H,9-10H2,(H,19,21)(H,20,22). The van der Waals surface area contributed by atoms with Gasteiger partial charge in [0.1, 0.15) is 0 Å². The van der Waals surface area contributed by atoms with E-state index in [9.17, 15) is 9.59 Å². The normalized spacial score (nSPS) is 10.1. The van der Waals surface area contributed by atoms with E-state index < -0.39 is 0 Å². The molecule has 0 atom stereocenters. The molecular weight excluding hydrogens is 415 g/mol.